The highest BCUT2D eigenvalue weighted by atomic mass is 33.1. The Labute approximate surface area is 198 Å². The van der Waals surface area contributed by atoms with Crippen LogP contribution in [0.3, 0.4) is 0 Å². The molecule has 0 aliphatic rings. The van der Waals surface area contributed by atoms with Gasteiger partial charge in [0.15, 0.2) is 0 Å². The lowest BCUT2D eigenvalue weighted by atomic mass is 10.3. The van der Waals surface area contributed by atoms with Crippen molar-refractivity contribution >= 4 is 39.3 Å². The zero-order valence-electron chi connectivity index (χ0n) is 18.6. The van der Waals surface area contributed by atoms with Crippen LogP contribution >= 0.6 is 21.6 Å². The molecule has 0 amide bonds. The minimum absolute atomic E-state index is 0.193. The SMILES string of the molecule is CCOc1ccc(S(=O)(=O)SCC(CSS(=O)(=O)c2ccc(OCC)cc2)N(C)C)cc1. The maximum Gasteiger partial charge on any atom is 0.230 e. The van der Waals surface area contributed by atoms with Gasteiger partial charge in [-0.3, -0.25) is 0 Å². The van der Waals surface area contributed by atoms with Gasteiger partial charge >= 0.3 is 0 Å². The van der Waals surface area contributed by atoms with Crippen LogP contribution in [0.2, 0.25) is 0 Å². The van der Waals surface area contributed by atoms with Crippen LogP contribution in [0.4, 0.5) is 0 Å². The Balaban J connectivity index is 2.01. The van der Waals surface area contributed by atoms with Gasteiger partial charge in [0.25, 0.3) is 0 Å². The van der Waals surface area contributed by atoms with Crippen molar-refractivity contribution < 1.29 is 26.3 Å². The third kappa shape index (κ3) is 7.87. The van der Waals surface area contributed by atoms with Gasteiger partial charge in [0.05, 0.1) is 23.0 Å². The molecule has 0 bridgehead atoms. The summed E-state index contributed by atoms with van der Waals surface area (Å²) in [5, 5.41) is 0. The highest BCUT2D eigenvalue weighted by Gasteiger charge is 2.24. The van der Waals surface area contributed by atoms with E-state index in [0.29, 0.717) is 24.7 Å². The quantitative estimate of drug-likeness (QED) is 0.365. The van der Waals surface area contributed by atoms with Gasteiger partial charge in [0.2, 0.25) is 17.7 Å². The van der Waals surface area contributed by atoms with Crippen molar-refractivity contribution in [2.75, 3.05) is 38.8 Å². The molecule has 0 aromatic heterocycles. The molecular weight excluding hydrogens is 491 g/mol. The number of rotatable bonds is 13. The van der Waals surface area contributed by atoms with E-state index in [4.69, 9.17) is 9.47 Å². The van der Waals surface area contributed by atoms with E-state index < -0.39 is 17.7 Å². The molecule has 2 aromatic rings. The van der Waals surface area contributed by atoms with Gasteiger partial charge in [0, 0.05) is 17.5 Å². The molecule has 0 unspecified atom stereocenters. The third-order valence-corrected chi connectivity index (χ3v) is 11.6. The maximum atomic E-state index is 12.7. The Kier molecular flexibility index (Phi) is 10.2. The lowest BCUT2D eigenvalue weighted by molar-refractivity contribution is 0.340. The maximum absolute atomic E-state index is 12.7. The van der Waals surface area contributed by atoms with Crippen molar-refractivity contribution in [3.8, 4) is 11.5 Å². The zero-order valence-corrected chi connectivity index (χ0v) is 21.8. The molecule has 2 rings (SSSR count). The molecule has 0 heterocycles. The normalized spacial score (nSPS) is 12.3. The first-order valence-electron chi connectivity index (χ1n) is 10.00. The molecule has 11 heteroatoms. The summed E-state index contributed by atoms with van der Waals surface area (Å²) in [5.74, 6) is 1.68. The number of nitrogens with zero attached hydrogens (tertiary/aromatic N) is 1. The van der Waals surface area contributed by atoms with Gasteiger partial charge in [-0.1, -0.05) is 0 Å². The minimum atomic E-state index is -3.57. The Morgan fingerprint density at radius 1 is 0.719 bits per heavy atom. The molecule has 2 aromatic carbocycles. The van der Waals surface area contributed by atoms with Gasteiger partial charge in [-0.2, -0.15) is 0 Å². The number of benzene rings is 2. The summed E-state index contributed by atoms with van der Waals surface area (Å²) in [6.45, 7) is 4.72. The Hall–Kier alpha value is -1.40. The van der Waals surface area contributed by atoms with E-state index in [2.05, 4.69) is 0 Å². The summed E-state index contributed by atoms with van der Waals surface area (Å²) < 4.78 is 61.5. The number of hydrogen-bond acceptors (Lipinski definition) is 9. The predicted octanol–water partition coefficient (Wildman–Crippen LogP) is 3.96. The fraction of sp³-hybridized carbons (Fsp3) is 0.429. The molecule has 0 spiro atoms. The molecule has 0 saturated heterocycles. The van der Waals surface area contributed by atoms with Crippen LogP contribution < -0.4 is 9.47 Å². The zero-order chi connectivity index (χ0) is 23.8. The lowest BCUT2D eigenvalue weighted by Crippen LogP contribution is -2.33. The van der Waals surface area contributed by atoms with E-state index in [1.165, 1.54) is 24.3 Å². The topological polar surface area (TPSA) is 90.0 Å². The second kappa shape index (κ2) is 12.2. The molecule has 7 nitrogen and oxygen atoms in total. The van der Waals surface area contributed by atoms with Crippen LogP contribution in [0.25, 0.3) is 0 Å². The van der Waals surface area contributed by atoms with Gasteiger partial charge in [-0.15, -0.1) is 0 Å². The van der Waals surface area contributed by atoms with Gasteiger partial charge in [0.1, 0.15) is 11.5 Å². The van der Waals surface area contributed by atoms with Crippen LogP contribution in [0.5, 0.6) is 11.5 Å². The van der Waals surface area contributed by atoms with E-state index in [9.17, 15) is 16.8 Å². The van der Waals surface area contributed by atoms with Crippen molar-refractivity contribution in [2.45, 2.75) is 29.7 Å². The molecule has 0 fully saturated rings. The molecule has 0 aliphatic carbocycles. The summed E-state index contributed by atoms with van der Waals surface area (Å²) in [5.41, 5.74) is 0. The third-order valence-electron chi connectivity index (χ3n) is 4.41. The van der Waals surface area contributed by atoms with Crippen LogP contribution in [0.1, 0.15) is 13.8 Å². The Bertz CT molecular complexity index is 969. The fourth-order valence-corrected chi connectivity index (χ4v) is 8.92. The molecule has 0 saturated carbocycles. The van der Waals surface area contributed by atoms with Crippen LogP contribution in [0.15, 0.2) is 58.3 Å². The number of hydrogen-bond donors (Lipinski definition) is 0. The molecule has 32 heavy (non-hydrogen) atoms. The average molecular weight is 520 g/mol. The first-order valence-corrected chi connectivity index (χ1v) is 16.0. The highest BCUT2D eigenvalue weighted by molar-refractivity contribution is 8.72. The Morgan fingerprint density at radius 2 is 1.06 bits per heavy atom. The largest absolute Gasteiger partial charge is 0.494 e. The van der Waals surface area contributed by atoms with Crippen molar-refractivity contribution in [2.24, 2.45) is 0 Å². The lowest BCUT2D eigenvalue weighted by Gasteiger charge is -2.23. The molecule has 0 radical (unpaired) electrons. The second-order valence-electron chi connectivity index (χ2n) is 6.90. The molecule has 0 aliphatic heterocycles. The number of ether oxygens (including phenoxy) is 2. The summed E-state index contributed by atoms with van der Waals surface area (Å²) in [7, 11) is -1.93. The first-order chi connectivity index (χ1) is 15.1. The van der Waals surface area contributed by atoms with Gasteiger partial charge < -0.3 is 14.4 Å². The smallest absolute Gasteiger partial charge is 0.230 e. The van der Waals surface area contributed by atoms with E-state index in [0.717, 1.165) is 21.6 Å². The summed E-state index contributed by atoms with van der Waals surface area (Å²) in [4.78, 5) is 2.22. The van der Waals surface area contributed by atoms with E-state index in [1.807, 2.05) is 18.7 Å². The molecular formula is C21H29NO6S4. The van der Waals surface area contributed by atoms with Crippen LogP contribution in [-0.4, -0.2) is 66.6 Å². The van der Waals surface area contributed by atoms with E-state index in [-0.39, 0.29) is 27.3 Å². The van der Waals surface area contributed by atoms with Gasteiger partial charge in [-0.05, 0) is 98.1 Å². The predicted molar refractivity (Wildman–Crippen MR) is 132 cm³/mol. The monoisotopic (exact) mass is 519 g/mol. The van der Waals surface area contributed by atoms with E-state index >= 15 is 0 Å². The van der Waals surface area contributed by atoms with Crippen LogP contribution in [0, 0.1) is 0 Å². The van der Waals surface area contributed by atoms with Crippen molar-refractivity contribution in [1.29, 1.82) is 0 Å². The van der Waals surface area contributed by atoms with E-state index in [1.54, 1.807) is 38.4 Å². The summed E-state index contributed by atoms with van der Waals surface area (Å²) in [6, 6.07) is 12.3. The second-order valence-corrected chi connectivity index (χ2v) is 14.8. The standard InChI is InChI=1S/C21H29NO6S4/c1-5-27-18-7-11-20(12-8-18)31(23,24)29-15-17(22(3)4)16-30-32(25,26)21-13-9-19(10-14-21)28-6-2/h7-14,17H,5-6,15-16H2,1-4H3. The molecule has 0 atom stereocenters. The highest BCUT2D eigenvalue weighted by Crippen LogP contribution is 2.30. The summed E-state index contributed by atoms with van der Waals surface area (Å²) in [6.07, 6.45) is 0. The Morgan fingerprint density at radius 3 is 1.34 bits per heavy atom. The minimum Gasteiger partial charge on any atom is -0.494 e. The van der Waals surface area contributed by atoms with Crippen molar-refractivity contribution in [1.82, 2.24) is 4.90 Å². The molecule has 178 valence electrons. The van der Waals surface area contributed by atoms with Crippen molar-refractivity contribution in [3.05, 3.63) is 48.5 Å². The molecule has 0 N–H and O–H groups in total. The van der Waals surface area contributed by atoms with Crippen molar-refractivity contribution in [3.63, 3.8) is 0 Å². The van der Waals surface area contributed by atoms with Gasteiger partial charge in [-0.25, -0.2) is 16.8 Å². The van der Waals surface area contributed by atoms with Crippen LogP contribution in [-0.2, 0) is 17.7 Å². The summed E-state index contributed by atoms with van der Waals surface area (Å²) >= 11 is 0. The first kappa shape index (κ1) is 26.8. The fourth-order valence-electron chi connectivity index (χ4n) is 2.56. The average Bonchev–Trinajstić information content (AvgIpc) is 2.74.